The second-order valence-corrected chi connectivity index (χ2v) is 4.03. The topological polar surface area (TPSA) is 0 Å². The van der Waals surface area contributed by atoms with Crippen LogP contribution in [0.2, 0.25) is 0 Å². The zero-order chi connectivity index (χ0) is 11.2. The van der Waals surface area contributed by atoms with E-state index in [4.69, 9.17) is 0 Å². The fourth-order valence-corrected chi connectivity index (χ4v) is 1.98. The Bertz CT molecular complexity index is 429. The fourth-order valence-electron chi connectivity index (χ4n) is 1.98. The molecule has 0 amide bonds. The highest BCUT2D eigenvalue weighted by Crippen LogP contribution is 2.15. The van der Waals surface area contributed by atoms with Gasteiger partial charge in [-0.1, -0.05) is 61.5 Å². The number of hydrogen-bond acceptors (Lipinski definition) is 0. The van der Waals surface area contributed by atoms with E-state index < -0.39 is 0 Å². The molecular weight excluding hydrogens is 192 g/mol. The zero-order valence-electron chi connectivity index (χ0n) is 9.52. The third-order valence-electron chi connectivity index (χ3n) is 2.80. The first-order valence-electron chi connectivity index (χ1n) is 5.80. The highest BCUT2D eigenvalue weighted by Gasteiger charge is 2.01. The van der Waals surface area contributed by atoms with E-state index in [1.807, 2.05) is 0 Å². The van der Waals surface area contributed by atoms with Crippen molar-refractivity contribution in [1.29, 1.82) is 0 Å². The van der Waals surface area contributed by atoms with Gasteiger partial charge in [-0.05, 0) is 36.0 Å². The van der Waals surface area contributed by atoms with Crippen molar-refractivity contribution in [2.45, 2.75) is 19.3 Å². The molecule has 0 nitrogen and oxygen atoms in total. The van der Waals surface area contributed by atoms with Gasteiger partial charge in [0.2, 0.25) is 0 Å². The van der Waals surface area contributed by atoms with E-state index in [-0.39, 0.29) is 0 Å². The average Bonchev–Trinajstić information content (AvgIpc) is 2.33. The van der Waals surface area contributed by atoms with Crippen molar-refractivity contribution in [2.75, 3.05) is 0 Å². The minimum Gasteiger partial charge on any atom is -0.0622 e. The lowest BCUT2D eigenvalue weighted by Crippen LogP contribution is -1.95. The molecule has 0 bridgehead atoms. The van der Waals surface area contributed by atoms with Crippen molar-refractivity contribution < 1.29 is 0 Å². The number of aryl methyl sites for hydroxylation is 1. The maximum atomic E-state index is 3.93. The molecule has 2 aromatic carbocycles. The predicted octanol–water partition coefficient (Wildman–Crippen LogP) is 4.04. The summed E-state index contributed by atoms with van der Waals surface area (Å²) < 4.78 is 0. The Balaban J connectivity index is 2.21. The van der Waals surface area contributed by atoms with Crippen molar-refractivity contribution in [3.05, 3.63) is 78.2 Å². The van der Waals surface area contributed by atoms with Gasteiger partial charge in [0.25, 0.3) is 0 Å². The lowest BCUT2D eigenvalue weighted by molar-refractivity contribution is 0.968. The molecule has 2 aromatic rings. The molecule has 0 saturated heterocycles. The van der Waals surface area contributed by atoms with Crippen molar-refractivity contribution in [3.63, 3.8) is 0 Å². The van der Waals surface area contributed by atoms with Crippen molar-refractivity contribution >= 4 is 0 Å². The molecule has 0 saturated carbocycles. The van der Waals surface area contributed by atoms with Crippen molar-refractivity contribution in [3.8, 4) is 0 Å². The fraction of sp³-hybridized carbons (Fsp3) is 0.188. The van der Waals surface area contributed by atoms with E-state index in [2.05, 4.69) is 61.5 Å². The molecule has 0 aliphatic heterocycles. The number of rotatable bonds is 4. The Morgan fingerprint density at radius 2 is 1.38 bits per heavy atom. The Labute approximate surface area is 97.9 Å². The smallest absolute Gasteiger partial charge is 0.00230 e. The summed E-state index contributed by atoms with van der Waals surface area (Å²) in [6.45, 7) is 3.93. The minimum atomic E-state index is 0.964. The normalized spacial score (nSPS) is 10.3. The monoisotopic (exact) mass is 209 g/mol. The molecule has 0 atom stereocenters. The molecule has 1 radical (unpaired) electrons. The zero-order valence-corrected chi connectivity index (χ0v) is 9.52. The van der Waals surface area contributed by atoms with Crippen LogP contribution in [-0.4, -0.2) is 0 Å². The van der Waals surface area contributed by atoms with E-state index in [1.165, 1.54) is 16.7 Å². The lowest BCUT2D eigenvalue weighted by atomic mass is 9.97. The van der Waals surface area contributed by atoms with E-state index in [0.717, 1.165) is 19.3 Å². The van der Waals surface area contributed by atoms with Gasteiger partial charge in [-0.15, -0.1) is 0 Å². The largest absolute Gasteiger partial charge is 0.0622 e. The second-order valence-electron chi connectivity index (χ2n) is 4.03. The van der Waals surface area contributed by atoms with Gasteiger partial charge in [0.1, 0.15) is 0 Å². The predicted molar refractivity (Wildman–Crippen MR) is 69.4 cm³/mol. The van der Waals surface area contributed by atoms with Gasteiger partial charge in [-0.3, -0.25) is 0 Å². The number of benzene rings is 2. The Morgan fingerprint density at radius 3 is 2.06 bits per heavy atom. The highest BCUT2D eigenvalue weighted by molar-refractivity contribution is 5.32. The Hall–Kier alpha value is -1.56. The van der Waals surface area contributed by atoms with Gasteiger partial charge < -0.3 is 0 Å². The SMILES string of the molecule is [CH2]CCc1ccccc1Cc1ccccc1. The summed E-state index contributed by atoms with van der Waals surface area (Å²) in [6.07, 6.45) is 3.06. The van der Waals surface area contributed by atoms with E-state index in [1.54, 1.807) is 0 Å². The summed E-state index contributed by atoms with van der Waals surface area (Å²) in [6, 6.07) is 19.3. The molecule has 81 valence electrons. The van der Waals surface area contributed by atoms with E-state index in [9.17, 15) is 0 Å². The van der Waals surface area contributed by atoms with Crippen LogP contribution in [0.15, 0.2) is 54.6 Å². The van der Waals surface area contributed by atoms with E-state index in [0.29, 0.717) is 0 Å². The molecule has 16 heavy (non-hydrogen) atoms. The summed E-state index contributed by atoms with van der Waals surface area (Å²) in [7, 11) is 0. The Morgan fingerprint density at radius 1 is 0.750 bits per heavy atom. The van der Waals surface area contributed by atoms with Crippen LogP contribution in [0, 0.1) is 6.92 Å². The quantitative estimate of drug-likeness (QED) is 0.712. The van der Waals surface area contributed by atoms with Gasteiger partial charge in [0.15, 0.2) is 0 Å². The lowest BCUT2D eigenvalue weighted by Gasteiger charge is -2.08. The molecule has 0 heterocycles. The van der Waals surface area contributed by atoms with E-state index >= 15 is 0 Å². The maximum Gasteiger partial charge on any atom is -0.00230 e. The van der Waals surface area contributed by atoms with Crippen LogP contribution in [0.5, 0.6) is 0 Å². The highest BCUT2D eigenvalue weighted by atomic mass is 14.1. The average molecular weight is 209 g/mol. The van der Waals surface area contributed by atoms with Gasteiger partial charge in [0.05, 0.1) is 0 Å². The standard InChI is InChI=1S/C16H17/c1-2-8-15-11-6-7-12-16(15)13-14-9-4-3-5-10-14/h3-7,9-12H,1-2,8,13H2. The van der Waals surface area contributed by atoms with Crippen LogP contribution in [0.1, 0.15) is 23.1 Å². The van der Waals surface area contributed by atoms with Crippen molar-refractivity contribution in [1.82, 2.24) is 0 Å². The molecule has 0 heteroatoms. The third kappa shape index (κ3) is 2.73. The van der Waals surface area contributed by atoms with Crippen LogP contribution in [0.3, 0.4) is 0 Å². The van der Waals surface area contributed by atoms with Crippen LogP contribution in [0.4, 0.5) is 0 Å². The van der Waals surface area contributed by atoms with Crippen LogP contribution < -0.4 is 0 Å². The molecule has 0 fully saturated rings. The molecule has 0 N–H and O–H groups in total. The number of hydrogen-bond donors (Lipinski definition) is 0. The molecule has 0 unspecified atom stereocenters. The second kappa shape index (κ2) is 5.50. The van der Waals surface area contributed by atoms with Crippen LogP contribution in [0.25, 0.3) is 0 Å². The summed E-state index contributed by atoms with van der Waals surface area (Å²) in [5, 5.41) is 0. The molecule has 0 aliphatic rings. The molecule has 0 aromatic heterocycles. The van der Waals surface area contributed by atoms with Gasteiger partial charge >= 0.3 is 0 Å². The molecule has 0 spiro atoms. The van der Waals surface area contributed by atoms with Crippen LogP contribution in [-0.2, 0) is 12.8 Å². The van der Waals surface area contributed by atoms with Gasteiger partial charge in [-0.25, -0.2) is 0 Å². The molecule has 2 rings (SSSR count). The molecular formula is C16H17. The first-order valence-corrected chi connectivity index (χ1v) is 5.80. The summed E-state index contributed by atoms with van der Waals surface area (Å²) in [5.41, 5.74) is 4.23. The first-order chi connectivity index (χ1) is 7.90. The minimum absolute atomic E-state index is 0.964. The summed E-state index contributed by atoms with van der Waals surface area (Å²) in [5.74, 6) is 0. The third-order valence-corrected chi connectivity index (χ3v) is 2.80. The summed E-state index contributed by atoms with van der Waals surface area (Å²) >= 11 is 0. The van der Waals surface area contributed by atoms with Gasteiger partial charge in [0, 0.05) is 0 Å². The first kappa shape index (κ1) is 10.9. The maximum absolute atomic E-state index is 3.93. The van der Waals surface area contributed by atoms with Crippen molar-refractivity contribution in [2.24, 2.45) is 0 Å². The van der Waals surface area contributed by atoms with Gasteiger partial charge in [-0.2, -0.15) is 0 Å². The Kier molecular flexibility index (Phi) is 3.76. The van der Waals surface area contributed by atoms with Crippen LogP contribution >= 0.6 is 0 Å². The molecule has 0 aliphatic carbocycles. The summed E-state index contributed by atoms with van der Waals surface area (Å²) in [4.78, 5) is 0.